The summed E-state index contributed by atoms with van der Waals surface area (Å²) in [6, 6.07) is 9.51. The van der Waals surface area contributed by atoms with Gasteiger partial charge in [-0.1, -0.05) is 44.2 Å². The van der Waals surface area contributed by atoms with E-state index in [-0.39, 0.29) is 12.8 Å². The molecular weight excluding hydrogens is 256 g/mol. The van der Waals surface area contributed by atoms with Crippen molar-refractivity contribution in [1.29, 1.82) is 0 Å². The van der Waals surface area contributed by atoms with Crippen LogP contribution in [0.3, 0.4) is 0 Å². The van der Waals surface area contributed by atoms with Gasteiger partial charge in [-0.2, -0.15) is 0 Å². The van der Waals surface area contributed by atoms with Gasteiger partial charge in [0, 0.05) is 6.61 Å². The molecule has 0 fully saturated rings. The normalized spacial score (nSPS) is 11.1. The van der Waals surface area contributed by atoms with Crippen molar-refractivity contribution in [1.82, 2.24) is 6.15 Å². The molecular formula is C15H28N2O3. The van der Waals surface area contributed by atoms with Gasteiger partial charge in [0.15, 0.2) is 0 Å². The summed E-state index contributed by atoms with van der Waals surface area (Å²) in [7, 11) is 0. The van der Waals surface area contributed by atoms with Gasteiger partial charge in [-0.3, -0.25) is 4.79 Å². The summed E-state index contributed by atoms with van der Waals surface area (Å²) < 4.78 is 0. The third-order valence-electron chi connectivity index (χ3n) is 2.51. The predicted octanol–water partition coefficient (Wildman–Crippen LogP) is 2.22. The van der Waals surface area contributed by atoms with Crippen LogP contribution in [0.2, 0.25) is 0 Å². The third kappa shape index (κ3) is 11.6. The molecule has 116 valence electrons. The molecule has 0 radical (unpaired) electrons. The molecule has 7 N–H and O–H groups in total. The minimum atomic E-state index is -0.913. The number of aliphatic hydroxyl groups is 1. The fourth-order valence-electron chi connectivity index (χ4n) is 1.54. The average molecular weight is 284 g/mol. The van der Waals surface area contributed by atoms with Crippen molar-refractivity contribution in [3.63, 3.8) is 0 Å². The first-order valence-electron chi connectivity index (χ1n) is 6.60. The van der Waals surface area contributed by atoms with Gasteiger partial charge in [0.1, 0.15) is 6.04 Å². The van der Waals surface area contributed by atoms with E-state index in [1.165, 1.54) is 5.56 Å². The topological polar surface area (TPSA) is 119 Å². The monoisotopic (exact) mass is 284 g/mol. The zero-order chi connectivity index (χ0) is 14.7. The van der Waals surface area contributed by atoms with E-state index >= 15 is 0 Å². The van der Waals surface area contributed by atoms with Gasteiger partial charge < -0.3 is 22.1 Å². The van der Waals surface area contributed by atoms with E-state index in [9.17, 15) is 4.79 Å². The van der Waals surface area contributed by atoms with Crippen molar-refractivity contribution >= 4 is 5.97 Å². The lowest BCUT2D eigenvalue weighted by atomic mass is 10.1. The van der Waals surface area contributed by atoms with Crippen LogP contribution in [0.15, 0.2) is 30.3 Å². The second kappa shape index (κ2) is 12.6. The molecule has 1 atom stereocenters. The molecule has 0 amide bonds. The lowest BCUT2D eigenvalue weighted by Crippen LogP contribution is -2.31. The summed E-state index contributed by atoms with van der Waals surface area (Å²) >= 11 is 0. The van der Waals surface area contributed by atoms with Crippen LogP contribution in [0.1, 0.15) is 32.3 Å². The maximum Gasteiger partial charge on any atom is 0.320 e. The van der Waals surface area contributed by atoms with Gasteiger partial charge in [0.2, 0.25) is 0 Å². The highest BCUT2D eigenvalue weighted by Gasteiger charge is 2.11. The molecule has 0 saturated heterocycles. The molecule has 20 heavy (non-hydrogen) atoms. The molecule has 0 bridgehead atoms. The van der Waals surface area contributed by atoms with Crippen LogP contribution in [0, 0.1) is 5.92 Å². The summed E-state index contributed by atoms with van der Waals surface area (Å²) in [5, 5.41) is 16.8. The van der Waals surface area contributed by atoms with Crippen molar-refractivity contribution in [2.75, 3.05) is 6.61 Å². The number of aryl methyl sites for hydroxylation is 1. The maximum absolute atomic E-state index is 10.1. The fraction of sp³-hybridized carbons (Fsp3) is 0.533. The number of hydrogen-bond acceptors (Lipinski definition) is 4. The summed E-state index contributed by atoms with van der Waals surface area (Å²) in [5.41, 5.74) is 6.52. The SMILES string of the molecule is CC(C)CC(N)C(=O)O.N.OCCCc1ccccc1. The number of hydrogen-bond donors (Lipinski definition) is 4. The van der Waals surface area contributed by atoms with Gasteiger partial charge >= 0.3 is 5.97 Å². The van der Waals surface area contributed by atoms with E-state index in [0.717, 1.165) is 12.8 Å². The Labute approximate surface area is 121 Å². The Morgan fingerprint density at radius 3 is 2.15 bits per heavy atom. The standard InChI is InChI=1S/C9H12O.C6H13NO2.H3N/c10-8-4-7-9-5-2-1-3-6-9;1-4(2)3-5(7)6(8)9;/h1-3,5-6,10H,4,7-8H2;4-5H,3,7H2,1-2H3,(H,8,9);1H3. The molecule has 0 aliphatic carbocycles. The Morgan fingerprint density at radius 2 is 1.80 bits per heavy atom. The van der Waals surface area contributed by atoms with E-state index in [0.29, 0.717) is 12.3 Å². The Bertz CT molecular complexity index is 342. The Hall–Kier alpha value is -1.43. The fourth-order valence-corrected chi connectivity index (χ4v) is 1.54. The highest BCUT2D eigenvalue weighted by atomic mass is 16.4. The van der Waals surface area contributed by atoms with Crippen molar-refractivity contribution in [3.05, 3.63) is 35.9 Å². The highest BCUT2D eigenvalue weighted by Crippen LogP contribution is 2.02. The van der Waals surface area contributed by atoms with Crippen LogP contribution < -0.4 is 11.9 Å². The number of carboxylic acids is 1. The number of aliphatic hydroxyl groups excluding tert-OH is 1. The van der Waals surface area contributed by atoms with Gasteiger partial charge in [-0.25, -0.2) is 0 Å². The summed E-state index contributed by atoms with van der Waals surface area (Å²) in [6.07, 6.45) is 2.40. The number of carboxylic acid groups (broad SMARTS) is 1. The number of rotatable bonds is 6. The van der Waals surface area contributed by atoms with E-state index in [1.807, 2.05) is 32.0 Å². The van der Waals surface area contributed by atoms with Crippen LogP contribution in [0.5, 0.6) is 0 Å². The van der Waals surface area contributed by atoms with Crippen molar-refractivity contribution < 1.29 is 15.0 Å². The number of benzene rings is 1. The van der Waals surface area contributed by atoms with Crippen LogP contribution in [0.25, 0.3) is 0 Å². The molecule has 0 heterocycles. The zero-order valence-electron chi connectivity index (χ0n) is 12.5. The minimum absolute atomic E-state index is 0. The van der Waals surface area contributed by atoms with Gasteiger partial charge in [-0.15, -0.1) is 0 Å². The predicted molar refractivity (Wildman–Crippen MR) is 81.9 cm³/mol. The van der Waals surface area contributed by atoms with Crippen molar-refractivity contribution in [3.8, 4) is 0 Å². The summed E-state index contributed by atoms with van der Waals surface area (Å²) in [4.78, 5) is 10.1. The second-order valence-corrected chi connectivity index (χ2v) is 4.89. The molecule has 0 aliphatic heterocycles. The number of nitrogens with two attached hydrogens (primary N) is 1. The van der Waals surface area contributed by atoms with Crippen molar-refractivity contribution in [2.45, 2.75) is 39.2 Å². The van der Waals surface area contributed by atoms with Gasteiger partial charge in [-0.05, 0) is 30.7 Å². The van der Waals surface area contributed by atoms with Crippen LogP contribution in [0.4, 0.5) is 0 Å². The molecule has 0 aromatic heterocycles. The Kier molecular flexibility index (Phi) is 13.1. The number of aliphatic carboxylic acids is 1. The second-order valence-electron chi connectivity index (χ2n) is 4.89. The lowest BCUT2D eigenvalue weighted by molar-refractivity contribution is -0.138. The third-order valence-corrected chi connectivity index (χ3v) is 2.51. The smallest absolute Gasteiger partial charge is 0.320 e. The molecule has 1 rings (SSSR count). The first-order valence-corrected chi connectivity index (χ1v) is 6.60. The minimum Gasteiger partial charge on any atom is -0.480 e. The molecule has 1 aromatic carbocycles. The van der Waals surface area contributed by atoms with Crippen LogP contribution in [-0.2, 0) is 11.2 Å². The quantitative estimate of drug-likeness (QED) is 0.638. The van der Waals surface area contributed by atoms with E-state index in [1.54, 1.807) is 0 Å². The Morgan fingerprint density at radius 1 is 1.25 bits per heavy atom. The largest absolute Gasteiger partial charge is 0.480 e. The Balaban J connectivity index is 0. The first-order chi connectivity index (χ1) is 8.97. The molecule has 1 aromatic rings. The van der Waals surface area contributed by atoms with E-state index < -0.39 is 12.0 Å². The molecule has 0 aliphatic rings. The molecule has 1 unspecified atom stereocenters. The molecule has 0 saturated carbocycles. The summed E-state index contributed by atoms with van der Waals surface area (Å²) in [6.45, 7) is 4.18. The molecule has 0 spiro atoms. The maximum atomic E-state index is 10.1. The zero-order valence-corrected chi connectivity index (χ0v) is 12.5. The average Bonchev–Trinajstić information content (AvgIpc) is 2.37. The molecule has 5 heteroatoms. The van der Waals surface area contributed by atoms with Gasteiger partial charge in [0.25, 0.3) is 0 Å². The first kappa shape index (κ1) is 20.9. The van der Waals surface area contributed by atoms with E-state index in [4.69, 9.17) is 15.9 Å². The molecule has 5 nitrogen and oxygen atoms in total. The lowest BCUT2D eigenvalue weighted by Gasteiger charge is -2.07. The van der Waals surface area contributed by atoms with Crippen molar-refractivity contribution in [2.24, 2.45) is 11.7 Å². The number of carbonyl (C=O) groups is 1. The summed E-state index contributed by atoms with van der Waals surface area (Å²) in [5.74, 6) is -0.556. The highest BCUT2D eigenvalue weighted by molar-refractivity contribution is 5.72. The van der Waals surface area contributed by atoms with Crippen LogP contribution in [-0.4, -0.2) is 28.8 Å². The van der Waals surface area contributed by atoms with Crippen LogP contribution >= 0.6 is 0 Å². The van der Waals surface area contributed by atoms with Gasteiger partial charge in [0.05, 0.1) is 0 Å². The van der Waals surface area contributed by atoms with E-state index in [2.05, 4.69) is 12.1 Å².